The van der Waals surface area contributed by atoms with Gasteiger partial charge in [0.25, 0.3) is 0 Å². The molecule has 2 aromatic carbocycles. The molecule has 0 heterocycles. The van der Waals surface area contributed by atoms with E-state index in [1.807, 2.05) is 0 Å². The van der Waals surface area contributed by atoms with Crippen LogP contribution >= 0.6 is 0 Å². The summed E-state index contributed by atoms with van der Waals surface area (Å²) in [7, 11) is 0. The molecule has 1 atom stereocenters. The maximum Gasteiger partial charge on any atom is 0.119 e. The van der Waals surface area contributed by atoms with Crippen LogP contribution in [-0.2, 0) is 0 Å². The highest BCUT2D eigenvalue weighted by molar-refractivity contribution is 5.87. The highest BCUT2D eigenvalue weighted by Gasteiger charge is 2.14. The topological polar surface area (TPSA) is 9.23 Å². The first-order chi connectivity index (χ1) is 11.3. The molecule has 0 spiro atoms. The number of hydrogen-bond donors (Lipinski definition) is 0. The molecule has 0 bridgehead atoms. The zero-order valence-corrected chi connectivity index (χ0v) is 14.5. The molecule has 1 nitrogen and oxygen atoms in total. The first-order valence-corrected chi connectivity index (χ1v) is 9.16. The Morgan fingerprint density at radius 1 is 1.00 bits per heavy atom. The summed E-state index contributed by atoms with van der Waals surface area (Å²) in [4.78, 5) is 0. The summed E-state index contributed by atoms with van der Waals surface area (Å²) in [6.07, 6.45) is 10.0. The van der Waals surface area contributed by atoms with Crippen molar-refractivity contribution in [3.05, 3.63) is 48.0 Å². The molecule has 1 aliphatic rings. The molecule has 0 aromatic heterocycles. The van der Waals surface area contributed by atoms with E-state index in [0.29, 0.717) is 0 Å². The van der Waals surface area contributed by atoms with Gasteiger partial charge in [0.2, 0.25) is 0 Å². The zero-order chi connectivity index (χ0) is 16.1. The van der Waals surface area contributed by atoms with E-state index in [1.165, 1.54) is 54.0 Å². The van der Waals surface area contributed by atoms with Gasteiger partial charge in [0.15, 0.2) is 0 Å². The molecule has 122 valence electrons. The monoisotopic (exact) mass is 308 g/mol. The Kier molecular flexibility index (Phi) is 5.38. The third kappa shape index (κ3) is 3.96. The third-order valence-electron chi connectivity index (χ3n) is 4.87. The van der Waals surface area contributed by atoms with Gasteiger partial charge in [-0.05, 0) is 71.7 Å². The molecule has 0 radical (unpaired) electrons. The molecule has 1 unspecified atom stereocenters. The normalized spacial score (nSPS) is 18.0. The van der Waals surface area contributed by atoms with Crippen LogP contribution < -0.4 is 4.74 Å². The second-order valence-corrected chi connectivity index (χ2v) is 6.73. The van der Waals surface area contributed by atoms with Gasteiger partial charge in [-0.2, -0.15) is 0 Å². The van der Waals surface area contributed by atoms with E-state index in [0.717, 1.165) is 24.7 Å². The molecular weight excluding hydrogens is 280 g/mol. The van der Waals surface area contributed by atoms with Crippen LogP contribution in [-0.4, -0.2) is 6.61 Å². The van der Waals surface area contributed by atoms with Gasteiger partial charge in [0, 0.05) is 0 Å². The summed E-state index contributed by atoms with van der Waals surface area (Å²) in [6, 6.07) is 13.3. The summed E-state index contributed by atoms with van der Waals surface area (Å²) in [5.41, 5.74) is 2.93. The van der Waals surface area contributed by atoms with Gasteiger partial charge >= 0.3 is 0 Å². The number of rotatable bonds is 6. The molecular formula is C22H28O. The molecule has 0 saturated carbocycles. The maximum absolute atomic E-state index is 5.73. The molecule has 1 aliphatic carbocycles. The highest BCUT2D eigenvalue weighted by Crippen LogP contribution is 2.34. The Hall–Kier alpha value is -1.76. The maximum atomic E-state index is 5.73. The SMILES string of the molecule is CCCOc1ccc2cc(C3=CCC(CCC)CC3)ccc2c1. The predicted octanol–water partition coefficient (Wildman–Crippen LogP) is 6.61. The van der Waals surface area contributed by atoms with Gasteiger partial charge in [-0.15, -0.1) is 0 Å². The van der Waals surface area contributed by atoms with Crippen LogP contribution in [0.15, 0.2) is 42.5 Å². The van der Waals surface area contributed by atoms with Gasteiger partial charge in [0.1, 0.15) is 5.75 Å². The number of ether oxygens (including phenoxy) is 1. The van der Waals surface area contributed by atoms with E-state index >= 15 is 0 Å². The van der Waals surface area contributed by atoms with Crippen molar-refractivity contribution in [1.82, 2.24) is 0 Å². The van der Waals surface area contributed by atoms with Crippen molar-refractivity contribution >= 4 is 16.3 Å². The van der Waals surface area contributed by atoms with Gasteiger partial charge in [0.05, 0.1) is 6.61 Å². The Morgan fingerprint density at radius 2 is 1.83 bits per heavy atom. The van der Waals surface area contributed by atoms with Crippen molar-refractivity contribution in [2.24, 2.45) is 5.92 Å². The summed E-state index contributed by atoms with van der Waals surface area (Å²) < 4.78 is 5.73. The van der Waals surface area contributed by atoms with E-state index in [9.17, 15) is 0 Å². The Labute approximate surface area is 140 Å². The molecule has 0 saturated heterocycles. The van der Waals surface area contributed by atoms with Crippen molar-refractivity contribution in [3.63, 3.8) is 0 Å². The first-order valence-electron chi connectivity index (χ1n) is 9.16. The molecule has 3 rings (SSSR count). The van der Waals surface area contributed by atoms with Crippen LogP contribution in [0.25, 0.3) is 16.3 Å². The summed E-state index contributed by atoms with van der Waals surface area (Å²) in [5, 5.41) is 2.57. The van der Waals surface area contributed by atoms with E-state index in [1.54, 1.807) is 0 Å². The van der Waals surface area contributed by atoms with Gasteiger partial charge < -0.3 is 4.74 Å². The van der Waals surface area contributed by atoms with Crippen molar-refractivity contribution in [1.29, 1.82) is 0 Å². The fourth-order valence-corrected chi connectivity index (χ4v) is 3.55. The summed E-state index contributed by atoms with van der Waals surface area (Å²) >= 11 is 0. The lowest BCUT2D eigenvalue weighted by Crippen LogP contribution is -2.05. The smallest absolute Gasteiger partial charge is 0.119 e. The number of hydrogen-bond acceptors (Lipinski definition) is 1. The Morgan fingerprint density at radius 3 is 2.57 bits per heavy atom. The van der Waals surface area contributed by atoms with Crippen LogP contribution in [0.4, 0.5) is 0 Å². The molecule has 2 aromatic rings. The average Bonchev–Trinajstić information content (AvgIpc) is 2.60. The largest absolute Gasteiger partial charge is 0.494 e. The summed E-state index contributed by atoms with van der Waals surface area (Å²) in [5.74, 6) is 1.88. The minimum absolute atomic E-state index is 0.787. The van der Waals surface area contributed by atoms with Crippen LogP contribution in [0.1, 0.15) is 57.9 Å². The minimum atomic E-state index is 0.787. The van der Waals surface area contributed by atoms with E-state index in [-0.39, 0.29) is 0 Å². The second kappa shape index (κ2) is 7.68. The van der Waals surface area contributed by atoms with Crippen LogP contribution in [0, 0.1) is 5.92 Å². The quantitative estimate of drug-likeness (QED) is 0.583. The van der Waals surface area contributed by atoms with Crippen LogP contribution in [0.5, 0.6) is 5.75 Å². The first kappa shape index (κ1) is 16.1. The lowest BCUT2D eigenvalue weighted by atomic mass is 9.84. The Bertz CT molecular complexity index is 683. The third-order valence-corrected chi connectivity index (χ3v) is 4.87. The van der Waals surface area contributed by atoms with Crippen molar-refractivity contribution in [3.8, 4) is 5.75 Å². The number of benzene rings is 2. The van der Waals surface area contributed by atoms with Crippen molar-refractivity contribution in [2.45, 2.75) is 52.4 Å². The van der Waals surface area contributed by atoms with E-state index < -0.39 is 0 Å². The van der Waals surface area contributed by atoms with Crippen molar-refractivity contribution in [2.75, 3.05) is 6.61 Å². The highest BCUT2D eigenvalue weighted by atomic mass is 16.5. The molecule has 23 heavy (non-hydrogen) atoms. The predicted molar refractivity (Wildman–Crippen MR) is 100.0 cm³/mol. The second-order valence-electron chi connectivity index (χ2n) is 6.73. The van der Waals surface area contributed by atoms with E-state index in [2.05, 4.69) is 56.3 Å². The van der Waals surface area contributed by atoms with Crippen molar-refractivity contribution < 1.29 is 4.74 Å². The van der Waals surface area contributed by atoms with Crippen LogP contribution in [0.2, 0.25) is 0 Å². The number of fused-ring (bicyclic) bond motifs is 1. The van der Waals surface area contributed by atoms with Gasteiger partial charge in [-0.25, -0.2) is 0 Å². The fourth-order valence-electron chi connectivity index (χ4n) is 3.55. The van der Waals surface area contributed by atoms with Gasteiger partial charge in [-0.1, -0.05) is 51.0 Å². The van der Waals surface area contributed by atoms with Crippen LogP contribution in [0.3, 0.4) is 0 Å². The fraction of sp³-hybridized carbons (Fsp3) is 0.455. The standard InChI is InChI=1S/C22H28O/c1-3-5-17-6-8-18(9-7-17)19-10-11-21-16-22(23-14-4-2)13-12-20(21)15-19/h8,10-13,15-17H,3-7,9,14H2,1-2H3. The molecule has 1 heteroatoms. The van der Waals surface area contributed by atoms with Gasteiger partial charge in [-0.3, -0.25) is 0 Å². The molecule has 0 fully saturated rings. The minimum Gasteiger partial charge on any atom is -0.494 e. The molecule has 0 N–H and O–H groups in total. The lowest BCUT2D eigenvalue weighted by molar-refractivity contribution is 0.318. The zero-order valence-electron chi connectivity index (χ0n) is 14.5. The lowest BCUT2D eigenvalue weighted by Gasteiger charge is -2.21. The number of allylic oxidation sites excluding steroid dienone is 2. The molecule has 0 amide bonds. The Balaban J connectivity index is 1.78. The summed E-state index contributed by atoms with van der Waals surface area (Å²) in [6.45, 7) is 5.22. The average molecular weight is 308 g/mol. The van der Waals surface area contributed by atoms with E-state index in [4.69, 9.17) is 4.74 Å². The molecule has 0 aliphatic heterocycles.